The average Bonchev–Trinajstić information content (AvgIpc) is 2.80. The molecule has 2 aromatic rings. The molecule has 5 heteroatoms. The molecule has 0 bridgehead atoms. The maximum atomic E-state index is 4.68. The van der Waals surface area contributed by atoms with Gasteiger partial charge < -0.3 is 5.32 Å². The summed E-state index contributed by atoms with van der Waals surface area (Å²) >= 11 is 3.56. The van der Waals surface area contributed by atoms with Gasteiger partial charge in [-0.2, -0.15) is 0 Å². The van der Waals surface area contributed by atoms with Crippen molar-refractivity contribution < 1.29 is 0 Å². The summed E-state index contributed by atoms with van der Waals surface area (Å²) in [5.74, 6) is 2.77. The molecule has 0 aliphatic heterocycles. The lowest BCUT2D eigenvalue weighted by atomic mass is 10.3. The molecule has 2 aromatic heterocycles. The smallest absolute Gasteiger partial charge is 0.142 e. The summed E-state index contributed by atoms with van der Waals surface area (Å²) in [6.45, 7) is 9.77. The predicted octanol–water partition coefficient (Wildman–Crippen LogP) is 4.54. The minimum atomic E-state index is 0.241. The molecule has 0 saturated heterocycles. The molecule has 0 unspecified atom stereocenters. The van der Waals surface area contributed by atoms with Crippen molar-refractivity contribution in [3.63, 3.8) is 0 Å². The molecule has 0 amide bonds. The second-order valence-electron chi connectivity index (χ2n) is 5.46. The third-order valence-corrected chi connectivity index (χ3v) is 4.62. The predicted molar refractivity (Wildman–Crippen MR) is 87.2 cm³/mol. The van der Waals surface area contributed by atoms with Crippen LogP contribution in [0.3, 0.4) is 0 Å². The zero-order valence-corrected chi connectivity index (χ0v) is 13.6. The van der Waals surface area contributed by atoms with E-state index in [1.54, 1.807) is 11.3 Å². The highest BCUT2D eigenvalue weighted by molar-refractivity contribution is 7.99. The van der Waals surface area contributed by atoms with Gasteiger partial charge in [0.05, 0.1) is 11.1 Å². The van der Waals surface area contributed by atoms with Crippen LogP contribution in [0.5, 0.6) is 0 Å². The lowest BCUT2D eigenvalue weighted by molar-refractivity contribution is 0.800. The molecule has 0 saturated carbocycles. The Kier molecular flexibility index (Phi) is 4.68. The Labute approximate surface area is 123 Å². The van der Waals surface area contributed by atoms with Gasteiger partial charge in [0.15, 0.2) is 0 Å². The monoisotopic (exact) mass is 295 g/mol. The van der Waals surface area contributed by atoms with Crippen molar-refractivity contribution in [1.29, 1.82) is 0 Å². The van der Waals surface area contributed by atoms with Crippen LogP contribution in [-0.4, -0.2) is 21.3 Å². The van der Waals surface area contributed by atoms with E-state index in [4.69, 9.17) is 0 Å². The van der Waals surface area contributed by atoms with Crippen molar-refractivity contribution >= 4 is 39.1 Å². The molecule has 104 valence electrons. The van der Waals surface area contributed by atoms with Gasteiger partial charge >= 0.3 is 0 Å². The molecule has 0 spiro atoms. The Bertz CT molecular complexity index is 543. The molecule has 0 fully saturated rings. The van der Waals surface area contributed by atoms with Gasteiger partial charge in [-0.3, -0.25) is 0 Å². The number of anilines is 1. The minimum absolute atomic E-state index is 0.241. The van der Waals surface area contributed by atoms with Crippen molar-refractivity contribution in [2.75, 3.05) is 11.9 Å². The molecule has 2 rings (SSSR count). The number of hydrogen-bond acceptors (Lipinski definition) is 5. The summed E-state index contributed by atoms with van der Waals surface area (Å²) in [5, 5.41) is 6.63. The van der Waals surface area contributed by atoms with Crippen LogP contribution in [0.2, 0.25) is 0 Å². The molecular formula is C14H21N3S2. The lowest BCUT2D eigenvalue weighted by Gasteiger charge is -2.17. The fourth-order valence-electron chi connectivity index (χ4n) is 1.62. The van der Waals surface area contributed by atoms with Gasteiger partial charge in [0.25, 0.3) is 0 Å². The molecule has 0 radical (unpaired) electrons. The number of hydrogen-bond donors (Lipinski definition) is 1. The summed E-state index contributed by atoms with van der Waals surface area (Å²) in [6.07, 6.45) is 1.10. The Morgan fingerprint density at radius 2 is 2.11 bits per heavy atom. The Balaban J connectivity index is 2.24. The van der Waals surface area contributed by atoms with Crippen LogP contribution < -0.4 is 5.32 Å². The Morgan fingerprint density at radius 1 is 1.32 bits per heavy atom. The van der Waals surface area contributed by atoms with Crippen molar-refractivity contribution in [3.05, 3.63) is 17.3 Å². The van der Waals surface area contributed by atoms with Crippen molar-refractivity contribution in [2.24, 2.45) is 0 Å². The molecule has 0 aliphatic rings. The largest absolute Gasteiger partial charge is 0.369 e. The maximum Gasteiger partial charge on any atom is 0.142 e. The summed E-state index contributed by atoms with van der Waals surface area (Å²) in [4.78, 5) is 10.4. The van der Waals surface area contributed by atoms with E-state index in [2.05, 4.69) is 54.4 Å². The van der Waals surface area contributed by atoms with Crippen LogP contribution in [-0.2, 0) is 5.75 Å². The van der Waals surface area contributed by atoms with Crippen LogP contribution in [0.1, 0.15) is 39.9 Å². The molecular weight excluding hydrogens is 274 g/mol. The standard InChI is InChI=1S/C14H21N3S2/c1-5-7-15-12-10-6-8-18-13(10)17-11(16-12)9-19-14(2,3)4/h6,8H,5,7,9H2,1-4H3,(H,15,16,17). The number of aromatic nitrogens is 2. The van der Waals surface area contributed by atoms with E-state index < -0.39 is 0 Å². The number of nitrogens with one attached hydrogen (secondary N) is 1. The minimum Gasteiger partial charge on any atom is -0.369 e. The first-order valence-corrected chi connectivity index (χ1v) is 8.48. The number of thioether (sulfide) groups is 1. The van der Waals surface area contributed by atoms with E-state index in [0.717, 1.165) is 40.6 Å². The van der Waals surface area contributed by atoms with E-state index in [0.29, 0.717) is 0 Å². The quantitative estimate of drug-likeness (QED) is 0.878. The van der Waals surface area contributed by atoms with Crippen LogP contribution >= 0.6 is 23.1 Å². The van der Waals surface area contributed by atoms with E-state index in [1.807, 2.05) is 11.8 Å². The first-order chi connectivity index (χ1) is 8.99. The van der Waals surface area contributed by atoms with Gasteiger partial charge in [-0.25, -0.2) is 9.97 Å². The van der Waals surface area contributed by atoms with Gasteiger partial charge in [0.1, 0.15) is 16.5 Å². The van der Waals surface area contributed by atoms with Gasteiger partial charge in [-0.1, -0.05) is 27.7 Å². The number of thiophene rings is 1. The third kappa shape index (κ3) is 4.08. The molecule has 19 heavy (non-hydrogen) atoms. The SMILES string of the molecule is CCCNc1nc(CSC(C)(C)C)nc2sccc12. The summed E-state index contributed by atoms with van der Waals surface area (Å²) in [7, 11) is 0. The highest BCUT2D eigenvalue weighted by Crippen LogP contribution is 2.29. The van der Waals surface area contributed by atoms with Crippen molar-refractivity contribution in [1.82, 2.24) is 9.97 Å². The first-order valence-electron chi connectivity index (χ1n) is 6.61. The Morgan fingerprint density at radius 3 is 2.79 bits per heavy atom. The summed E-state index contributed by atoms with van der Waals surface area (Å²) < 4.78 is 0.241. The maximum absolute atomic E-state index is 4.68. The van der Waals surface area contributed by atoms with Gasteiger partial charge in [0.2, 0.25) is 0 Å². The molecule has 3 nitrogen and oxygen atoms in total. The van der Waals surface area contributed by atoms with E-state index >= 15 is 0 Å². The molecule has 2 heterocycles. The highest BCUT2D eigenvalue weighted by Gasteiger charge is 2.14. The second-order valence-corrected chi connectivity index (χ2v) is 8.15. The normalized spacial score (nSPS) is 12.0. The fourth-order valence-corrected chi connectivity index (χ4v) is 3.10. The zero-order valence-electron chi connectivity index (χ0n) is 12.0. The second kappa shape index (κ2) is 6.09. The van der Waals surface area contributed by atoms with Crippen molar-refractivity contribution in [2.45, 2.75) is 44.6 Å². The van der Waals surface area contributed by atoms with Crippen LogP contribution in [0.25, 0.3) is 10.2 Å². The molecule has 0 aliphatic carbocycles. The van der Waals surface area contributed by atoms with E-state index in [9.17, 15) is 0 Å². The molecule has 0 atom stereocenters. The zero-order chi connectivity index (χ0) is 13.9. The van der Waals surface area contributed by atoms with Gasteiger partial charge in [0, 0.05) is 11.3 Å². The van der Waals surface area contributed by atoms with E-state index in [1.165, 1.54) is 0 Å². The first kappa shape index (κ1) is 14.6. The van der Waals surface area contributed by atoms with Crippen LogP contribution in [0, 0.1) is 0 Å². The Hall–Kier alpha value is -0.810. The number of rotatable bonds is 5. The van der Waals surface area contributed by atoms with Gasteiger partial charge in [-0.05, 0) is 17.9 Å². The molecule has 0 aromatic carbocycles. The lowest BCUT2D eigenvalue weighted by Crippen LogP contribution is -2.10. The molecule has 1 N–H and O–H groups in total. The summed E-state index contributed by atoms with van der Waals surface area (Å²) in [5.41, 5.74) is 0. The van der Waals surface area contributed by atoms with E-state index in [-0.39, 0.29) is 4.75 Å². The van der Waals surface area contributed by atoms with Crippen LogP contribution in [0.4, 0.5) is 5.82 Å². The number of nitrogens with zero attached hydrogens (tertiary/aromatic N) is 2. The highest BCUT2D eigenvalue weighted by atomic mass is 32.2. The topological polar surface area (TPSA) is 37.8 Å². The van der Waals surface area contributed by atoms with Crippen LogP contribution in [0.15, 0.2) is 11.4 Å². The third-order valence-electron chi connectivity index (χ3n) is 2.55. The summed E-state index contributed by atoms with van der Waals surface area (Å²) in [6, 6.07) is 2.10. The fraction of sp³-hybridized carbons (Fsp3) is 0.571. The van der Waals surface area contributed by atoms with Crippen molar-refractivity contribution in [3.8, 4) is 0 Å². The number of fused-ring (bicyclic) bond motifs is 1. The van der Waals surface area contributed by atoms with Gasteiger partial charge in [-0.15, -0.1) is 23.1 Å². The average molecular weight is 295 g/mol.